The van der Waals surface area contributed by atoms with E-state index in [9.17, 15) is 18.3 Å². The molecular weight excluding hydrogens is 543 g/mol. The number of aromatic nitrogens is 1. The first kappa shape index (κ1) is 30.7. The Bertz CT molecular complexity index is 1340. The third-order valence-electron chi connectivity index (χ3n) is 9.17. The van der Waals surface area contributed by atoms with Crippen molar-refractivity contribution in [3.8, 4) is 5.75 Å². The maximum atomic E-state index is 14.2. The van der Waals surface area contributed by atoms with Crippen molar-refractivity contribution in [1.29, 1.82) is 0 Å². The molecule has 2 aromatic carbocycles. The van der Waals surface area contributed by atoms with Gasteiger partial charge < -0.3 is 19.9 Å². The second-order valence-electron chi connectivity index (χ2n) is 11.8. The van der Waals surface area contributed by atoms with Crippen molar-refractivity contribution in [1.82, 2.24) is 15.2 Å². The summed E-state index contributed by atoms with van der Waals surface area (Å²) in [6.07, 6.45) is 6.81. The lowest BCUT2D eigenvalue weighted by atomic mass is 9.69. The molecule has 2 saturated heterocycles. The van der Waals surface area contributed by atoms with E-state index in [1.165, 1.54) is 11.1 Å². The Hall–Kier alpha value is -2.72. The predicted octanol–water partition coefficient (Wildman–Crippen LogP) is 5.57. The molecule has 0 spiro atoms. The number of pyridine rings is 1. The van der Waals surface area contributed by atoms with Crippen LogP contribution in [0.2, 0.25) is 0 Å². The molecule has 2 N–H and O–H groups in total. The standard InChI is InChI=1S/C33H42F3N3O3/c1-41-26-7-8-30-28(20-26)27(24(21-38-30)22-39-14-16-42-17-15-39)5-3-9-33(10-12-37-13-11-33)31(40)6-2-4-23-18-25(34)19-29(35)32(23)36/h7-8,18-21,31,37,40H,2-6,9-17,22H2,1H3. The Morgan fingerprint density at radius 2 is 1.83 bits per heavy atom. The third-order valence-corrected chi connectivity index (χ3v) is 9.17. The number of hydrogen-bond acceptors (Lipinski definition) is 6. The molecule has 1 aromatic heterocycles. The Labute approximate surface area is 246 Å². The van der Waals surface area contributed by atoms with Crippen LogP contribution in [0.5, 0.6) is 5.75 Å². The van der Waals surface area contributed by atoms with Gasteiger partial charge in [0.15, 0.2) is 11.6 Å². The van der Waals surface area contributed by atoms with Crippen molar-refractivity contribution in [3.63, 3.8) is 0 Å². The Morgan fingerprint density at radius 3 is 2.60 bits per heavy atom. The van der Waals surface area contributed by atoms with E-state index in [-0.39, 0.29) is 17.4 Å². The molecular formula is C33H42F3N3O3. The smallest absolute Gasteiger partial charge is 0.162 e. The Morgan fingerprint density at radius 1 is 1.05 bits per heavy atom. The van der Waals surface area contributed by atoms with Gasteiger partial charge in [-0.3, -0.25) is 9.88 Å². The lowest BCUT2D eigenvalue weighted by Gasteiger charge is -2.42. The van der Waals surface area contributed by atoms with Crippen LogP contribution in [0.4, 0.5) is 13.2 Å². The molecule has 5 rings (SSSR count). The summed E-state index contributed by atoms with van der Waals surface area (Å²) < 4.78 is 52.6. The van der Waals surface area contributed by atoms with E-state index in [0.29, 0.717) is 18.9 Å². The molecule has 0 saturated carbocycles. The van der Waals surface area contributed by atoms with E-state index in [0.717, 1.165) is 101 Å². The van der Waals surface area contributed by atoms with Crippen LogP contribution in [-0.4, -0.2) is 67.6 Å². The van der Waals surface area contributed by atoms with Crippen LogP contribution in [-0.2, 0) is 24.1 Å². The molecule has 1 atom stereocenters. The first-order chi connectivity index (χ1) is 20.4. The number of hydrogen-bond donors (Lipinski definition) is 2. The van der Waals surface area contributed by atoms with E-state index in [1.54, 1.807) is 7.11 Å². The van der Waals surface area contributed by atoms with Crippen molar-refractivity contribution < 1.29 is 27.8 Å². The van der Waals surface area contributed by atoms with Gasteiger partial charge in [0.1, 0.15) is 11.6 Å². The van der Waals surface area contributed by atoms with Gasteiger partial charge in [-0.25, -0.2) is 13.2 Å². The predicted molar refractivity (Wildman–Crippen MR) is 157 cm³/mol. The molecule has 3 aromatic rings. The van der Waals surface area contributed by atoms with Crippen molar-refractivity contribution in [2.24, 2.45) is 5.41 Å². The zero-order valence-electron chi connectivity index (χ0n) is 24.4. The van der Waals surface area contributed by atoms with Crippen LogP contribution in [0, 0.1) is 22.9 Å². The monoisotopic (exact) mass is 585 g/mol. The maximum Gasteiger partial charge on any atom is 0.162 e. The van der Waals surface area contributed by atoms with E-state index >= 15 is 0 Å². The molecule has 1 unspecified atom stereocenters. The molecule has 2 aliphatic heterocycles. The second-order valence-corrected chi connectivity index (χ2v) is 11.8. The Balaban J connectivity index is 1.30. The van der Waals surface area contributed by atoms with Crippen molar-refractivity contribution in [2.45, 2.75) is 64.0 Å². The molecule has 42 heavy (non-hydrogen) atoms. The zero-order chi connectivity index (χ0) is 29.5. The zero-order valence-corrected chi connectivity index (χ0v) is 24.4. The van der Waals surface area contributed by atoms with Crippen LogP contribution < -0.4 is 10.1 Å². The van der Waals surface area contributed by atoms with Gasteiger partial charge in [0, 0.05) is 37.3 Å². The summed E-state index contributed by atoms with van der Waals surface area (Å²) in [5.74, 6) is -2.16. The number of ether oxygens (including phenoxy) is 2. The first-order valence-electron chi connectivity index (χ1n) is 15.2. The average molecular weight is 586 g/mol. The minimum absolute atomic E-state index is 0.0202. The lowest BCUT2D eigenvalue weighted by molar-refractivity contribution is -0.0132. The van der Waals surface area contributed by atoms with Gasteiger partial charge in [-0.05, 0) is 111 Å². The van der Waals surface area contributed by atoms with Crippen molar-refractivity contribution in [3.05, 3.63) is 70.7 Å². The number of rotatable bonds is 12. The maximum absolute atomic E-state index is 14.2. The summed E-state index contributed by atoms with van der Waals surface area (Å²) in [4.78, 5) is 7.17. The number of benzene rings is 2. The van der Waals surface area contributed by atoms with Crippen LogP contribution >= 0.6 is 0 Å². The number of nitrogens with one attached hydrogen (secondary N) is 1. The number of halogens is 3. The number of methoxy groups -OCH3 is 1. The molecule has 0 amide bonds. The van der Waals surface area contributed by atoms with Gasteiger partial charge in [-0.15, -0.1) is 0 Å². The number of nitrogens with zero attached hydrogens (tertiary/aromatic N) is 2. The molecule has 0 aliphatic carbocycles. The molecule has 2 fully saturated rings. The quantitative estimate of drug-likeness (QED) is 0.271. The summed E-state index contributed by atoms with van der Waals surface area (Å²) in [5.41, 5.74) is 3.18. The van der Waals surface area contributed by atoms with Gasteiger partial charge in [0.2, 0.25) is 0 Å². The van der Waals surface area contributed by atoms with Crippen molar-refractivity contribution in [2.75, 3.05) is 46.5 Å². The van der Waals surface area contributed by atoms with Crippen molar-refractivity contribution >= 4 is 10.9 Å². The highest BCUT2D eigenvalue weighted by molar-refractivity contribution is 5.84. The Kier molecular flexibility index (Phi) is 10.4. The number of aryl methyl sites for hydroxylation is 2. The molecule has 6 nitrogen and oxygen atoms in total. The summed E-state index contributed by atoms with van der Waals surface area (Å²) in [6.45, 7) is 5.73. The van der Waals surface area contributed by atoms with E-state index in [4.69, 9.17) is 14.5 Å². The van der Waals surface area contributed by atoms with Gasteiger partial charge >= 0.3 is 0 Å². The summed E-state index contributed by atoms with van der Waals surface area (Å²) >= 11 is 0. The minimum Gasteiger partial charge on any atom is -0.497 e. The molecule has 0 bridgehead atoms. The third kappa shape index (κ3) is 7.25. The highest BCUT2D eigenvalue weighted by Gasteiger charge is 2.38. The van der Waals surface area contributed by atoms with E-state index in [2.05, 4.69) is 16.3 Å². The number of morpholine rings is 1. The van der Waals surface area contributed by atoms with E-state index < -0.39 is 23.6 Å². The van der Waals surface area contributed by atoms with Crippen LogP contribution in [0.1, 0.15) is 55.2 Å². The van der Waals surface area contributed by atoms with Gasteiger partial charge in [-0.1, -0.05) is 0 Å². The summed E-state index contributed by atoms with van der Waals surface area (Å²) in [5, 5.41) is 16.0. The number of aliphatic hydroxyl groups is 1. The number of piperidine rings is 1. The highest BCUT2D eigenvalue weighted by Crippen LogP contribution is 2.40. The first-order valence-corrected chi connectivity index (χ1v) is 15.2. The fourth-order valence-electron chi connectivity index (χ4n) is 6.70. The summed E-state index contributed by atoms with van der Waals surface area (Å²) in [7, 11) is 1.67. The topological polar surface area (TPSA) is 66.9 Å². The molecule has 9 heteroatoms. The summed E-state index contributed by atoms with van der Waals surface area (Å²) in [6, 6.07) is 7.62. The average Bonchev–Trinajstić information content (AvgIpc) is 3.01. The van der Waals surface area contributed by atoms with Gasteiger partial charge in [0.05, 0.1) is 31.9 Å². The molecule has 0 radical (unpaired) electrons. The molecule has 2 aliphatic rings. The normalized spacial score (nSPS) is 18.3. The number of aliphatic hydroxyl groups excluding tert-OH is 1. The van der Waals surface area contributed by atoms with Gasteiger partial charge in [0.25, 0.3) is 0 Å². The minimum atomic E-state index is -1.17. The van der Waals surface area contributed by atoms with Gasteiger partial charge in [-0.2, -0.15) is 0 Å². The van der Waals surface area contributed by atoms with Crippen LogP contribution in [0.25, 0.3) is 10.9 Å². The fourth-order valence-corrected chi connectivity index (χ4v) is 6.70. The van der Waals surface area contributed by atoms with E-state index in [1.807, 2.05) is 18.3 Å². The largest absolute Gasteiger partial charge is 0.497 e. The lowest BCUT2D eigenvalue weighted by Crippen LogP contribution is -2.44. The fraction of sp³-hybridized carbons (Fsp3) is 0.545. The van der Waals surface area contributed by atoms with Crippen LogP contribution in [0.15, 0.2) is 36.5 Å². The highest BCUT2D eigenvalue weighted by atomic mass is 19.2. The second kappa shape index (κ2) is 14.2. The number of fused-ring (bicyclic) bond motifs is 1. The molecule has 228 valence electrons. The van der Waals surface area contributed by atoms with Crippen LogP contribution in [0.3, 0.4) is 0 Å². The molecule has 3 heterocycles. The SMILES string of the molecule is COc1ccc2ncc(CN3CCOCC3)c(CCCC3(C(O)CCCc4cc(F)cc(F)c4F)CCNCC3)c2c1.